The molecule has 5 nitrogen and oxygen atoms in total. The molecular weight excluding hydrogens is 272 g/mol. The van der Waals surface area contributed by atoms with Gasteiger partial charge in [-0.2, -0.15) is 0 Å². The Kier molecular flexibility index (Phi) is 3.56. The Morgan fingerprint density at radius 2 is 2.15 bits per heavy atom. The van der Waals surface area contributed by atoms with Crippen molar-refractivity contribution >= 4 is 17.2 Å². The quantitative estimate of drug-likeness (QED) is 0.773. The van der Waals surface area contributed by atoms with E-state index in [1.807, 2.05) is 29.8 Å². The first-order valence-corrected chi connectivity index (χ1v) is 6.97. The maximum atomic E-state index is 11.8. The molecule has 20 heavy (non-hydrogen) atoms. The molecule has 0 unspecified atom stereocenters. The summed E-state index contributed by atoms with van der Waals surface area (Å²) in [7, 11) is 0. The van der Waals surface area contributed by atoms with E-state index in [9.17, 15) is 4.79 Å². The van der Waals surface area contributed by atoms with E-state index in [0.717, 1.165) is 17.1 Å². The van der Waals surface area contributed by atoms with Crippen LogP contribution in [0.25, 0.3) is 11.3 Å². The van der Waals surface area contributed by atoms with Gasteiger partial charge in [0.2, 0.25) is 0 Å². The van der Waals surface area contributed by atoms with Crippen molar-refractivity contribution in [3.8, 4) is 11.3 Å². The van der Waals surface area contributed by atoms with Crippen molar-refractivity contribution in [2.75, 3.05) is 0 Å². The van der Waals surface area contributed by atoms with E-state index in [-0.39, 0.29) is 5.91 Å². The number of thiophene rings is 1. The van der Waals surface area contributed by atoms with Crippen LogP contribution in [-0.2, 0) is 6.54 Å². The van der Waals surface area contributed by atoms with E-state index in [4.69, 9.17) is 0 Å². The predicted octanol–water partition coefficient (Wildman–Crippen LogP) is 2.46. The molecule has 3 rings (SSSR count). The molecule has 3 heterocycles. The third-order valence-corrected chi connectivity index (χ3v) is 3.64. The highest BCUT2D eigenvalue weighted by atomic mass is 32.1. The maximum Gasteiger partial charge on any atom is 0.261 e. The summed E-state index contributed by atoms with van der Waals surface area (Å²) < 4.78 is 0. The Balaban J connectivity index is 1.65. The highest BCUT2D eigenvalue weighted by Crippen LogP contribution is 2.15. The fourth-order valence-electron chi connectivity index (χ4n) is 1.78. The lowest BCUT2D eigenvalue weighted by molar-refractivity contribution is 0.0954. The van der Waals surface area contributed by atoms with Gasteiger partial charge >= 0.3 is 0 Å². The molecule has 0 atom stereocenters. The zero-order chi connectivity index (χ0) is 13.8. The second kappa shape index (κ2) is 5.66. The summed E-state index contributed by atoms with van der Waals surface area (Å²) >= 11 is 1.42. The number of aromatic amines is 1. The molecule has 0 fully saturated rings. The van der Waals surface area contributed by atoms with Crippen LogP contribution in [0.1, 0.15) is 15.5 Å². The molecule has 0 spiro atoms. The number of aromatic nitrogens is 3. The standard InChI is InChI=1S/C14H12N4OS/c19-14(12-2-1-7-20-12)17-9-13-16-8-11(18-13)10-3-5-15-6-4-10/h1-8H,9H2,(H,16,18)(H,17,19). The average molecular weight is 284 g/mol. The lowest BCUT2D eigenvalue weighted by Gasteiger charge is -2.00. The SMILES string of the molecule is O=C(NCc1nc(-c2ccncc2)c[nH]1)c1cccs1. The largest absolute Gasteiger partial charge is 0.346 e. The first kappa shape index (κ1) is 12.6. The first-order valence-electron chi connectivity index (χ1n) is 6.09. The topological polar surface area (TPSA) is 70.7 Å². The number of carbonyl (C=O) groups is 1. The van der Waals surface area contributed by atoms with E-state index in [2.05, 4.69) is 20.3 Å². The number of imidazole rings is 1. The maximum absolute atomic E-state index is 11.8. The highest BCUT2D eigenvalue weighted by Gasteiger charge is 2.08. The molecule has 100 valence electrons. The minimum Gasteiger partial charge on any atom is -0.346 e. The van der Waals surface area contributed by atoms with Crippen molar-refractivity contribution in [3.63, 3.8) is 0 Å². The smallest absolute Gasteiger partial charge is 0.261 e. The number of carbonyl (C=O) groups excluding carboxylic acids is 1. The van der Waals surface area contributed by atoms with Crippen molar-refractivity contribution in [1.82, 2.24) is 20.3 Å². The molecule has 0 bridgehead atoms. The Morgan fingerprint density at radius 3 is 2.90 bits per heavy atom. The minimum atomic E-state index is -0.0816. The van der Waals surface area contributed by atoms with E-state index in [1.54, 1.807) is 18.5 Å². The van der Waals surface area contributed by atoms with Crippen LogP contribution in [0.5, 0.6) is 0 Å². The summed E-state index contributed by atoms with van der Waals surface area (Å²) in [5.41, 5.74) is 1.83. The summed E-state index contributed by atoms with van der Waals surface area (Å²) in [5.74, 6) is 0.642. The summed E-state index contributed by atoms with van der Waals surface area (Å²) in [4.78, 5) is 24.0. The van der Waals surface area contributed by atoms with Gasteiger partial charge in [-0.3, -0.25) is 9.78 Å². The van der Waals surface area contributed by atoms with Crippen LogP contribution < -0.4 is 5.32 Å². The predicted molar refractivity (Wildman–Crippen MR) is 77.3 cm³/mol. The number of pyridine rings is 1. The van der Waals surface area contributed by atoms with Crippen LogP contribution in [0.2, 0.25) is 0 Å². The number of nitrogens with one attached hydrogen (secondary N) is 2. The Bertz CT molecular complexity index is 691. The molecule has 0 aliphatic heterocycles. The number of hydrogen-bond donors (Lipinski definition) is 2. The van der Waals surface area contributed by atoms with Gasteiger partial charge in [0.25, 0.3) is 5.91 Å². The molecule has 0 radical (unpaired) electrons. The molecule has 0 aliphatic rings. The zero-order valence-electron chi connectivity index (χ0n) is 10.5. The molecule has 2 N–H and O–H groups in total. The summed E-state index contributed by atoms with van der Waals surface area (Å²) in [6, 6.07) is 7.44. The molecule has 6 heteroatoms. The van der Waals surface area contributed by atoms with E-state index >= 15 is 0 Å². The Labute approximate surface area is 119 Å². The van der Waals surface area contributed by atoms with Gasteiger partial charge in [0.05, 0.1) is 17.1 Å². The van der Waals surface area contributed by atoms with Crippen molar-refractivity contribution < 1.29 is 4.79 Å². The molecule has 0 saturated carbocycles. The third kappa shape index (κ3) is 2.75. The van der Waals surface area contributed by atoms with Crippen LogP contribution >= 0.6 is 11.3 Å². The van der Waals surface area contributed by atoms with Gasteiger partial charge in [-0.25, -0.2) is 4.98 Å². The normalized spacial score (nSPS) is 10.4. The van der Waals surface area contributed by atoms with Crippen molar-refractivity contribution in [3.05, 3.63) is 58.9 Å². The third-order valence-electron chi connectivity index (χ3n) is 2.77. The van der Waals surface area contributed by atoms with E-state index < -0.39 is 0 Å². The second-order valence-electron chi connectivity index (χ2n) is 4.13. The average Bonchev–Trinajstić information content (AvgIpc) is 3.17. The number of rotatable bonds is 4. The van der Waals surface area contributed by atoms with Gasteiger partial charge < -0.3 is 10.3 Å². The van der Waals surface area contributed by atoms with Crippen LogP contribution in [-0.4, -0.2) is 20.9 Å². The van der Waals surface area contributed by atoms with Gasteiger partial charge in [0.15, 0.2) is 0 Å². The number of nitrogens with zero attached hydrogens (tertiary/aromatic N) is 2. The number of amides is 1. The monoisotopic (exact) mass is 284 g/mol. The van der Waals surface area contributed by atoms with Gasteiger partial charge in [-0.05, 0) is 23.6 Å². The fraction of sp³-hybridized carbons (Fsp3) is 0.0714. The second-order valence-corrected chi connectivity index (χ2v) is 5.08. The molecular formula is C14H12N4OS. The van der Waals surface area contributed by atoms with Gasteiger partial charge in [0, 0.05) is 24.2 Å². The number of hydrogen-bond acceptors (Lipinski definition) is 4. The molecule has 3 aromatic rings. The molecule has 0 aliphatic carbocycles. The Morgan fingerprint density at radius 1 is 1.30 bits per heavy atom. The van der Waals surface area contributed by atoms with E-state index in [1.165, 1.54) is 11.3 Å². The van der Waals surface area contributed by atoms with Crippen molar-refractivity contribution in [1.29, 1.82) is 0 Å². The molecule has 0 aromatic carbocycles. The Hall–Kier alpha value is -2.47. The summed E-state index contributed by atoms with van der Waals surface area (Å²) in [6.07, 6.45) is 5.27. The molecule has 3 aromatic heterocycles. The van der Waals surface area contributed by atoms with Crippen LogP contribution in [0, 0.1) is 0 Å². The number of H-pyrrole nitrogens is 1. The minimum absolute atomic E-state index is 0.0816. The van der Waals surface area contributed by atoms with Gasteiger partial charge in [0.1, 0.15) is 5.82 Å². The van der Waals surface area contributed by atoms with Gasteiger partial charge in [-0.1, -0.05) is 6.07 Å². The molecule has 0 saturated heterocycles. The van der Waals surface area contributed by atoms with Crippen LogP contribution in [0.4, 0.5) is 0 Å². The van der Waals surface area contributed by atoms with Gasteiger partial charge in [-0.15, -0.1) is 11.3 Å². The first-order chi connectivity index (χ1) is 9.83. The van der Waals surface area contributed by atoms with E-state index in [0.29, 0.717) is 11.4 Å². The highest BCUT2D eigenvalue weighted by molar-refractivity contribution is 7.12. The summed E-state index contributed by atoms with van der Waals surface area (Å²) in [5, 5.41) is 4.71. The van der Waals surface area contributed by atoms with Crippen molar-refractivity contribution in [2.24, 2.45) is 0 Å². The zero-order valence-corrected chi connectivity index (χ0v) is 11.4. The fourth-order valence-corrected chi connectivity index (χ4v) is 2.42. The van der Waals surface area contributed by atoms with Crippen molar-refractivity contribution in [2.45, 2.75) is 6.54 Å². The lowest BCUT2D eigenvalue weighted by Crippen LogP contribution is -2.22. The lowest BCUT2D eigenvalue weighted by atomic mass is 10.2. The molecule has 1 amide bonds. The summed E-state index contributed by atoms with van der Waals surface area (Å²) in [6.45, 7) is 0.377. The van der Waals surface area contributed by atoms with Crippen LogP contribution in [0.15, 0.2) is 48.2 Å². The van der Waals surface area contributed by atoms with Crippen LogP contribution in [0.3, 0.4) is 0 Å².